The van der Waals surface area contributed by atoms with Gasteiger partial charge in [0.15, 0.2) is 4.80 Å². The smallest absolute Gasteiger partial charge is 0.279 e. The molecule has 0 aliphatic carbocycles. The maximum atomic E-state index is 13.1. The number of anilines is 1. The molecule has 4 rings (SSSR count). The van der Waals surface area contributed by atoms with Crippen LogP contribution in [0.5, 0.6) is 0 Å². The van der Waals surface area contributed by atoms with Crippen molar-refractivity contribution in [1.29, 1.82) is 0 Å². The highest BCUT2D eigenvalue weighted by molar-refractivity contribution is 7.92. The molecule has 4 aromatic rings. The van der Waals surface area contributed by atoms with Gasteiger partial charge in [-0.05, 0) is 67.9 Å². The fourth-order valence-corrected chi connectivity index (χ4v) is 6.23. The van der Waals surface area contributed by atoms with E-state index in [9.17, 15) is 13.2 Å². The van der Waals surface area contributed by atoms with E-state index in [-0.39, 0.29) is 4.90 Å². The van der Waals surface area contributed by atoms with Crippen molar-refractivity contribution in [2.24, 2.45) is 4.99 Å². The van der Waals surface area contributed by atoms with Gasteiger partial charge in [-0.25, -0.2) is 8.42 Å². The Balaban J connectivity index is 1.67. The van der Waals surface area contributed by atoms with E-state index in [0.29, 0.717) is 40.8 Å². The van der Waals surface area contributed by atoms with Gasteiger partial charge in [0.2, 0.25) is 0 Å². The number of carbonyl (C=O) groups excluding carboxylic acids is 1. The standard InChI is InChI=1S/C26H26ClN3O4S2/c1-4-34-17-16-30-24-18(2)22(27)14-15-23(24)35-26(30)28-25(31)19-10-12-21(13-11-19)36(32,33)29(3)20-8-6-5-7-9-20/h5-15H,4,16-17H2,1-3H3. The van der Waals surface area contributed by atoms with Crippen LogP contribution in [-0.4, -0.2) is 39.2 Å². The fraction of sp³-hybridized carbons (Fsp3) is 0.231. The summed E-state index contributed by atoms with van der Waals surface area (Å²) in [6.45, 7) is 5.43. The van der Waals surface area contributed by atoms with E-state index < -0.39 is 15.9 Å². The number of carbonyl (C=O) groups is 1. The predicted octanol–water partition coefficient (Wildman–Crippen LogP) is 5.27. The van der Waals surface area contributed by atoms with Gasteiger partial charge in [0.25, 0.3) is 15.9 Å². The van der Waals surface area contributed by atoms with Crippen LogP contribution in [0.4, 0.5) is 5.69 Å². The van der Waals surface area contributed by atoms with Gasteiger partial charge in [-0.15, -0.1) is 0 Å². The molecule has 1 aromatic heterocycles. The highest BCUT2D eigenvalue weighted by atomic mass is 35.5. The second-order valence-corrected chi connectivity index (χ2v) is 11.4. The zero-order valence-electron chi connectivity index (χ0n) is 20.1. The third-order valence-corrected chi connectivity index (χ3v) is 9.02. The minimum atomic E-state index is -3.78. The predicted molar refractivity (Wildman–Crippen MR) is 144 cm³/mol. The number of nitrogens with zero attached hydrogens (tertiary/aromatic N) is 3. The molecule has 0 bridgehead atoms. The lowest BCUT2D eigenvalue weighted by Crippen LogP contribution is -2.26. The van der Waals surface area contributed by atoms with Crippen LogP contribution >= 0.6 is 22.9 Å². The number of hydrogen-bond acceptors (Lipinski definition) is 5. The van der Waals surface area contributed by atoms with Gasteiger partial charge in [0.05, 0.1) is 27.4 Å². The molecule has 188 valence electrons. The number of fused-ring (bicyclic) bond motifs is 1. The van der Waals surface area contributed by atoms with Gasteiger partial charge in [-0.1, -0.05) is 41.1 Å². The van der Waals surface area contributed by atoms with E-state index in [0.717, 1.165) is 15.8 Å². The second-order valence-electron chi connectivity index (χ2n) is 8.00. The number of halogens is 1. The lowest BCUT2D eigenvalue weighted by atomic mass is 10.2. The molecule has 0 radical (unpaired) electrons. The summed E-state index contributed by atoms with van der Waals surface area (Å²) >= 11 is 7.75. The molecule has 0 unspecified atom stereocenters. The van der Waals surface area contributed by atoms with E-state index in [1.165, 1.54) is 47.0 Å². The van der Waals surface area contributed by atoms with Gasteiger partial charge in [0.1, 0.15) is 0 Å². The van der Waals surface area contributed by atoms with Crippen LogP contribution in [0, 0.1) is 6.92 Å². The van der Waals surface area contributed by atoms with Crippen LogP contribution < -0.4 is 9.11 Å². The Hall–Kier alpha value is -2.98. The summed E-state index contributed by atoms with van der Waals surface area (Å²) in [6, 6.07) is 18.4. The molecule has 36 heavy (non-hydrogen) atoms. The van der Waals surface area contributed by atoms with Crippen LogP contribution in [0.25, 0.3) is 10.2 Å². The van der Waals surface area contributed by atoms with Crippen molar-refractivity contribution in [3.8, 4) is 0 Å². The number of ether oxygens (including phenoxy) is 1. The van der Waals surface area contributed by atoms with E-state index >= 15 is 0 Å². The largest absolute Gasteiger partial charge is 0.380 e. The minimum Gasteiger partial charge on any atom is -0.380 e. The number of para-hydroxylation sites is 1. The maximum absolute atomic E-state index is 13.1. The number of hydrogen-bond donors (Lipinski definition) is 0. The SMILES string of the molecule is CCOCCn1c(=NC(=O)c2ccc(S(=O)(=O)N(C)c3ccccc3)cc2)sc2ccc(Cl)c(C)c21. The quantitative estimate of drug-likeness (QED) is 0.284. The zero-order chi connectivity index (χ0) is 25.9. The molecule has 0 aliphatic rings. The molecule has 0 fully saturated rings. The van der Waals surface area contributed by atoms with E-state index in [1.807, 2.05) is 36.6 Å². The lowest BCUT2D eigenvalue weighted by molar-refractivity contribution is 0.0996. The third kappa shape index (κ3) is 5.24. The van der Waals surface area contributed by atoms with Crippen molar-refractivity contribution in [2.45, 2.75) is 25.3 Å². The number of amides is 1. The van der Waals surface area contributed by atoms with Crippen LogP contribution in [0.2, 0.25) is 5.02 Å². The summed E-state index contributed by atoms with van der Waals surface area (Å²) in [5.41, 5.74) is 2.67. The van der Waals surface area contributed by atoms with Crippen LogP contribution in [0.3, 0.4) is 0 Å². The first kappa shape index (κ1) is 26.1. The molecule has 0 N–H and O–H groups in total. The number of sulfonamides is 1. The van der Waals surface area contributed by atoms with Crippen LogP contribution in [-0.2, 0) is 21.3 Å². The first-order chi connectivity index (χ1) is 17.2. The minimum absolute atomic E-state index is 0.0873. The first-order valence-corrected chi connectivity index (χ1v) is 14.0. The molecule has 10 heteroatoms. The molecule has 0 spiro atoms. The van der Waals surface area contributed by atoms with E-state index in [4.69, 9.17) is 16.3 Å². The summed E-state index contributed by atoms with van der Waals surface area (Å²) < 4.78 is 35.7. The van der Waals surface area contributed by atoms with Crippen molar-refractivity contribution in [3.63, 3.8) is 0 Å². The fourth-order valence-electron chi connectivity index (χ4n) is 3.76. The van der Waals surface area contributed by atoms with Crippen LogP contribution in [0.15, 0.2) is 76.6 Å². The Morgan fingerprint density at radius 3 is 2.44 bits per heavy atom. The Labute approximate surface area is 219 Å². The van der Waals surface area contributed by atoms with Gasteiger partial charge in [0, 0.05) is 30.8 Å². The highest BCUT2D eigenvalue weighted by Gasteiger charge is 2.21. The summed E-state index contributed by atoms with van der Waals surface area (Å²) in [5.74, 6) is -0.462. The molecule has 1 heterocycles. The molecular formula is C26H26ClN3O4S2. The summed E-state index contributed by atoms with van der Waals surface area (Å²) in [4.78, 5) is 18.0. The van der Waals surface area contributed by atoms with E-state index in [2.05, 4.69) is 4.99 Å². The van der Waals surface area contributed by atoms with Crippen molar-refractivity contribution >= 4 is 54.8 Å². The van der Waals surface area contributed by atoms with E-state index in [1.54, 1.807) is 24.3 Å². The number of rotatable bonds is 8. The monoisotopic (exact) mass is 543 g/mol. The van der Waals surface area contributed by atoms with Crippen molar-refractivity contribution in [3.05, 3.63) is 87.7 Å². The average Bonchev–Trinajstić information content (AvgIpc) is 3.24. The van der Waals surface area contributed by atoms with Crippen molar-refractivity contribution < 1.29 is 17.9 Å². The molecule has 7 nitrogen and oxygen atoms in total. The number of aryl methyl sites for hydroxylation is 1. The third-order valence-electron chi connectivity index (χ3n) is 5.77. The Morgan fingerprint density at radius 2 is 1.78 bits per heavy atom. The molecule has 0 aliphatic heterocycles. The molecule has 3 aromatic carbocycles. The zero-order valence-corrected chi connectivity index (χ0v) is 22.5. The van der Waals surface area contributed by atoms with Gasteiger partial charge >= 0.3 is 0 Å². The van der Waals surface area contributed by atoms with Gasteiger partial charge in [-0.2, -0.15) is 4.99 Å². The number of benzene rings is 3. The normalized spacial score (nSPS) is 12.3. The summed E-state index contributed by atoms with van der Waals surface area (Å²) in [5, 5.41) is 0.639. The lowest BCUT2D eigenvalue weighted by Gasteiger charge is -2.19. The maximum Gasteiger partial charge on any atom is 0.279 e. The van der Waals surface area contributed by atoms with Gasteiger partial charge < -0.3 is 9.30 Å². The Bertz CT molecular complexity index is 1560. The highest BCUT2D eigenvalue weighted by Crippen LogP contribution is 2.27. The summed E-state index contributed by atoms with van der Waals surface area (Å²) in [6.07, 6.45) is 0. The second kappa shape index (κ2) is 11.0. The molecule has 1 amide bonds. The van der Waals surface area contributed by atoms with Crippen LogP contribution in [0.1, 0.15) is 22.8 Å². The number of aromatic nitrogens is 1. The average molecular weight is 544 g/mol. The van der Waals surface area contributed by atoms with Gasteiger partial charge in [-0.3, -0.25) is 9.10 Å². The van der Waals surface area contributed by atoms with Crippen molar-refractivity contribution in [2.75, 3.05) is 24.6 Å². The van der Waals surface area contributed by atoms with Crippen molar-refractivity contribution in [1.82, 2.24) is 4.57 Å². The molecular weight excluding hydrogens is 518 g/mol. The number of thiazole rings is 1. The topological polar surface area (TPSA) is 81.0 Å². The molecule has 0 saturated carbocycles. The Kier molecular flexibility index (Phi) is 7.94. The first-order valence-electron chi connectivity index (χ1n) is 11.3. The summed E-state index contributed by atoms with van der Waals surface area (Å²) in [7, 11) is -2.28. The molecule has 0 saturated heterocycles. The Morgan fingerprint density at radius 1 is 1.08 bits per heavy atom. The molecule has 0 atom stereocenters.